The van der Waals surface area contributed by atoms with Crippen LogP contribution in [0.5, 0.6) is 0 Å². The lowest BCUT2D eigenvalue weighted by atomic mass is 9.92. The van der Waals surface area contributed by atoms with Crippen molar-refractivity contribution < 1.29 is 18.8 Å². The van der Waals surface area contributed by atoms with Crippen LogP contribution in [0.2, 0.25) is 0 Å². The average molecular weight is 383 g/mol. The number of halogens is 1. The van der Waals surface area contributed by atoms with Gasteiger partial charge in [0.2, 0.25) is 5.91 Å². The maximum atomic E-state index is 13.2. The molecule has 1 aliphatic heterocycles. The van der Waals surface area contributed by atoms with Crippen LogP contribution in [-0.4, -0.2) is 29.3 Å². The number of carbonyl (C=O) groups is 3. The molecule has 0 saturated carbocycles. The molecule has 4 amide bonds. The average Bonchev–Trinajstić information content (AvgIpc) is 2.86. The molecule has 1 aliphatic rings. The third kappa shape index (κ3) is 3.74. The van der Waals surface area contributed by atoms with E-state index in [1.165, 1.54) is 31.2 Å². The van der Waals surface area contributed by atoms with Gasteiger partial charge in [0.15, 0.2) is 0 Å². The Labute approximate surface area is 162 Å². The molecule has 2 atom stereocenters. The third-order valence-electron chi connectivity index (χ3n) is 4.95. The van der Waals surface area contributed by atoms with Crippen molar-refractivity contribution in [2.75, 3.05) is 6.54 Å². The minimum absolute atomic E-state index is 0.266. The predicted molar refractivity (Wildman–Crippen MR) is 102 cm³/mol. The molecule has 3 rings (SSSR count). The van der Waals surface area contributed by atoms with Crippen LogP contribution in [0.25, 0.3) is 0 Å². The van der Waals surface area contributed by atoms with E-state index in [4.69, 9.17) is 0 Å². The molecule has 7 heteroatoms. The van der Waals surface area contributed by atoms with E-state index in [-0.39, 0.29) is 6.04 Å². The monoisotopic (exact) mass is 383 g/mol. The smallest absolute Gasteiger partial charge is 0.325 e. The van der Waals surface area contributed by atoms with Gasteiger partial charge in [0, 0.05) is 0 Å². The number of urea groups is 1. The minimum Gasteiger partial charge on any atom is -0.348 e. The Morgan fingerprint density at radius 1 is 1.14 bits per heavy atom. The van der Waals surface area contributed by atoms with Gasteiger partial charge < -0.3 is 10.6 Å². The zero-order valence-electron chi connectivity index (χ0n) is 16.0. The van der Waals surface area contributed by atoms with Gasteiger partial charge in [-0.1, -0.05) is 42.0 Å². The Morgan fingerprint density at radius 2 is 1.75 bits per heavy atom. The molecule has 28 heavy (non-hydrogen) atoms. The minimum atomic E-state index is -1.34. The summed E-state index contributed by atoms with van der Waals surface area (Å²) in [6.45, 7) is 4.95. The third-order valence-corrected chi connectivity index (χ3v) is 4.95. The second kappa shape index (κ2) is 7.42. The molecule has 1 fully saturated rings. The maximum absolute atomic E-state index is 13.2. The molecule has 2 unspecified atom stereocenters. The lowest BCUT2D eigenvalue weighted by Gasteiger charge is -2.22. The van der Waals surface area contributed by atoms with Crippen LogP contribution in [0.15, 0.2) is 48.5 Å². The predicted octanol–water partition coefficient (Wildman–Crippen LogP) is 2.78. The van der Waals surface area contributed by atoms with Gasteiger partial charge in [0.05, 0.1) is 6.04 Å². The van der Waals surface area contributed by atoms with Gasteiger partial charge in [0.1, 0.15) is 17.9 Å². The zero-order chi connectivity index (χ0) is 20.5. The number of nitrogens with zero attached hydrogens (tertiary/aromatic N) is 1. The summed E-state index contributed by atoms with van der Waals surface area (Å²) in [7, 11) is 0. The molecule has 0 bridgehead atoms. The summed E-state index contributed by atoms with van der Waals surface area (Å²) >= 11 is 0. The molecule has 0 aromatic heterocycles. The van der Waals surface area contributed by atoms with E-state index in [0.717, 1.165) is 16.0 Å². The van der Waals surface area contributed by atoms with E-state index in [1.54, 1.807) is 0 Å². The van der Waals surface area contributed by atoms with Crippen molar-refractivity contribution in [1.29, 1.82) is 0 Å². The van der Waals surface area contributed by atoms with Crippen LogP contribution in [0.1, 0.15) is 36.6 Å². The molecule has 1 saturated heterocycles. The normalized spacial score (nSPS) is 20.1. The molecule has 6 nitrogen and oxygen atoms in total. The highest BCUT2D eigenvalue weighted by Gasteiger charge is 2.49. The zero-order valence-corrected chi connectivity index (χ0v) is 16.0. The molecule has 146 valence electrons. The second-order valence-electron chi connectivity index (χ2n) is 7.15. The Kier molecular flexibility index (Phi) is 5.18. The molecule has 0 aliphatic carbocycles. The topological polar surface area (TPSA) is 78.5 Å². The standard InChI is InChI=1S/C21H22FN3O3/c1-13-4-6-15(7-5-13)14(2)23-18(26)12-25-19(27)21(3,24-20(25)28)16-8-10-17(22)11-9-16/h4-11,14H,12H2,1-3H3,(H,23,26)(H,24,28). The number of carbonyl (C=O) groups excluding carboxylic acids is 3. The summed E-state index contributed by atoms with van der Waals surface area (Å²) in [6.07, 6.45) is 0. The van der Waals surface area contributed by atoms with E-state index in [2.05, 4.69) is 10.6 Å². The number of nitrogens with one attached hydrogen (secondary N) is 2. The van der Waals surface area contributed by atoms with E-state index in [1.807, 2.05) is 38.1 Å². The summed E-state index contributed by atoms with van der Waals surface area (Å²) in [6, 6.07) is 12.1. The first-order chi connectivity index (χ1) is 13.2. The van der Waals surface area contributed by atoms with Gasteiger partial charge in [-0.05, 0) is 44.0 Å². The second-order valence-corrected chi connectivity index (χ2v) is 7.15. The first-order valence-electron chi connectivity index (χ1n) is 8.97. The number of rotatable bonds is 5. The summed E-state index contributed by atoms with van der Waals surface area (Å²) in [5.74, 6) is -1.44. The van der Waals surface area contributed by atoms with Crippen molar-refractivity contribution in [3.8, 4) is 0 Å². The molecule has 2 aromatic carbocycles. The van der Waals surface area contributed by atoms with Crippen LogP contribution in [0.4, 0.5) is 9.18 Å². The molecular weight excluding hydrogens is 361 g/mol. The van der Waals surface area contributed by atoms with Crippen LogP contribution in [-0.2, 0) is 15.1 Å². The van der Waals surface area contributed by atoms with Crippen molar-refractivity contribution in [2.24, 2.45) is 0 Å². The quantitative estimate of drug-likeness (QED) is 0.780. The molecular formula is C21H22FN3O3. The number of hydrogen-bond acceptors (Lipinski definition) is 3. The first kappa shape index (κ1) is 19.5. The lowest BCUT2D eigenvalue weighted by Crippen LogP contribution is -2.43. The fourth-order valence-corrected chi connectivity index (χ4v) is 3.19. The van der Waals surface area contributed by atoms with Gasteiger partial charge >= 0.3 is 6.03 Å². The summed E-state index contributed by atoms with van der Waals surface area (Å²) in [5.41, 5.74) is 1.14. The van der Waals surface area contributed by atoms with E-state index in [9.17, 15) is 18.8 Å². The Morgan fingerprint density at radius 3 is 2.36 bits per heavy atom. The number of aryl methyl sites for hydroxylation is 1. The lowest BCUT2D eigenvalue weighted by molar-refractivity contribution is -0.135. The van der Waals surface area contributed by atoms with Crippen LogP contribution < -0.4 is 10.6 Å². The summed E-state index contributed by atoms with van der Waals surface area (Å²) in [5, 5.41) is 5.39. The van der Waals surface area contributed by atoms with Gasteiger partial charge in [-0.3, -0.25) is 14.5 Å². The number of hydrogen-bond donors (Lipinski definition) is 2. The van der Waals surface area contributed by atoms with Crippen molar-refractivity contribution >= 4 is 17.8 Å². The van der Waals surface area contributed by atoms with Crippen LogP contribution >= 0.6 is 0 Å². The molecule has 2 N–H and O–H groups in total. The summed E-state index contributed by atoms with van der Waals surface area (Å²) < 4.78 is 13.2. The largest absolute Gasteiger partial charge is 0.348 e. The number of imide groups is 1. The highest BCUT2D eigenvalue weighted by Crippen LogP contribution is 2.28. The SMILES string of the molecule is Cc1ccc(C(C)NC(=O)CN2C(=O)NC(C)(c3ccc(F)cc3)C2=O)cc1. The fraction of sp³-hybridized carbons (Fsp3) is 0.286. The fourth-order valence-electron chi connectivity index (χ4n) is 3.19. The Balaban J connectivity index is 1.69. The van der Waals surface area contributed by atoms with Crippen molar-refractivity contribution in [3.63, 3.8) is 0 Å². The molecule has 0 radical (unpaired) electrons. The van der Waals surface area contributed by atoms with E-state index < -0.39 is 35.7 Å². The van der Waals surface area contributed by atoms with Crippen LogP contribution in [0.3, 0.4) is 0 Å². The van der Waals surface area contributed by atoms with Crippen molar-refractivity contribution in [1.82, 2.24) is 15.5 Å². The Bertz CT molecular complexity index is 911. The van der Waals surface area contributed by atoms with E-state index >= 15 is 0 Å². The molecule has 1 heterocycles. The summed E-state index contributed by atoms with van der Waals surface area (Å²) in [4.78, 5) is 38.4. The van der Waals surface area contributed by atoms with Gasteiger partial charge in [-0.2, -0.15) is 0 Å². The van der Waals surface area contributed by atoms with Gasteiger partial charge in [-0.25, -0.2) is 9.18 Å². The van der Waals surface area contributed by atoms with Crippen molar-refractivity contribution in [3.05, 3.63) is 71.0 Å². The van der Waals surface area contributed by atoms with Gasteiger partial charge in [-0.15, -0.1) is 0 Å². The number of amides is 4. The van der Waals surface area contributed by atoms with Crippen molar-refractivity contribution in [2.45, 2.75) is 32.4 Å². The molecule has 2 aromatic rings. The highest BCUT2D eigenvalue weighted by molar-refractivity contribution is 6.09. The highest BCUT2D eigenvalue weighted by atomic mass is 19.1. The Hall–Kier alpha value is -3.22. The number of benzene rings is 2. The first-order valence-corrected chi connectivity index (χ1v) is 8.97. The van der Waals surface area contributed by atoms with Crippen LogP contribution in [0, 0.1) is 12.7 Å². The van der Waals surface area contributed by atoms with Gasteiger partial charge in [0.25, 0.3) is 5.91 Å². The van der Waals surface area contributed by atoms with E-state index in [0.29, 0.717) is 5.56 Å². The molecule has 0 spiro atoms. The maximum Gasteiger partial charge on any atom is 0.325 e.